The molecule has 0 aliphatic carbocycles. The highest BCUT2D eigenvalue weighted by Crippen LogP contribution is 2.23. The zero-order chi connectivity index (χ0) is 13.7. The molecule has 0 aliphatic heterocycles. The highest BCUT2D eigenvalue weighted by atomic mass is 35.5. The number of ketones is 1. The third-order valence-corrected chi connectivity index (χ3v) is 2.81. The largest absolute Gasteiger partial charge is 0.457 e. The molecule has 2 aromatic rings. The molecule has 0 N–H and O–H groups in total. The monoisotopic (exact) mass is 272 g/mol. The van der Waals surface area contributed by atoms with E-state index in [1.54, 1.807) is 24.3 Å². The third-order valence-electron chi connectivity index (χ3n) is 2.55. The summed E-state index contributed by atoms with van der Waals surface area (Å²) < 4.78 is 5.69. The van der Waals surface area contributed by atoms with Crippen LogP contribution < -0.4 is 4.74 Å². The lowest BCUT2D eigenvalue weighted by molar-refractivity contribution is -0.114. The molecule has 0 aromatic heterocycles. The Kier molecular flexibility index (Phi) is 4.37. The fourth-order valence-corrected chi connectivity index (χ4v) is 1.76. The first-order chi connectivity index (χ1) is 9.17. The minimum atomic E-state index is -0.0105. The van der Waals surface area contributed by atoms with Crippen molar-refractivity contribution in [3.05, 3.63) is 71.8 Å². The molecule has 0 aliphatic rings. The molecule has 0 fully saturated rings. The van der Waals surface area contributed by atoms with Crippen molar-refractivity contribution >= 4 is 17.4 Å². The lowest BCUT2D eigenvalue weighted by Gasteiger charge is -2.07. The SMILES string of the molecule is C=CC(=O)Cc1cccc(Oc2ccc(Cl)cc2)c1. The highest BCUT2D eigenvalue weighted by Gasteiger charge is 2.02. The minimum absolute atomic E-state index is 0.0105. The van der Waals surface area contributed by atoms with Crippen LogP contribution in [0, 0.1) is 0 Å². The molecule has 2 rings (SSSR count). The quantitative estimate of drug-likeness (QED) is 0.753. The van der Waals surface area contributed by atoms with Crippen LogP contribution in [0.5, 0.6) is 11.5 Å². The first-order valence-corrected chi connectivity index (χ1v) is 6.23. The van der Waals surface area contributed by atoms with E-state index < -0.39 is 0 Å². The Bertz CT molecular complexity index is 588. The van der Waals surface area contributed by atoms with E-state index in [2.05, 4.69) is 6.58 Å². The molecule has 0 unspecified atom stereocenters. The fourth-order valence-electron chi connectivity index (χ4n) is 1.63. The predicted molar refractivity (Wildman–Crippen MR) is 76.9 cm³/mol. The summed E-state index contributed by atoms with van der Waals surface area (Å²) in [6, 6.07) is 14.6. The smallest absolute Gasteiger partial charge is 0.159 e. The van der Waals surface area contributed by atoms with Gasteiger partial charge in [-0.1, -0.05) is 30.3 Å². The van der Waals surface area contributed by atoms with E-state index in [9.17, 15) is 4.79 Å². The number of allylic oxidation sites excluding steroid dienone is 1. The molecule has 96 valence electrons. The maximum atomic E-state index is 11.3. The Morgan fingerprint density at radius 3 is 2.58 bits per heavy atom. The molecule has 0 bridgehead atoms. The Morgan fingerprint density at radius 1 is 1.16 bits per heavy atom. The van der Waals surface area contributed by atoms with Crippen LogP contribution in [0.2, 0.25) is 5.02 Å². The van der Waals surface area contributed by atoms with Gasteiger partial charge in [-0.2, -0.15) is 0 Å². The Hall–Kier alpha value is -2.06. The molecule has 2 aromatic carbocycles. The molecule has 19 heavy (non-hydrogen) atoms. The van der Waals surface area contributed by atoms with Gasteiger partial charge in [0.15, 0.2) is 5.78 Å². The first-order valence-electron chi connectivity index (χ1n) is 5.85. The summed E-state index contributed by atoms with van der Waals surface area (Å²) in [6.45, 7) is 3.46. The second-order valence-corrected chi connectivity index (χ2v) is 4.49. The van der Waals surface area contributed by atoms with Gasteiger partial charge >= 0.3 is 0 Å². The fraction of sp³-hybridized carbons (Fsp3) is 0.0625. The lowest BCUT2D eigenvalue weighted by atomic mass is 10.1. The van der Waals surface area contributed by atoms with Crippen molar-refractivity contribution in [1.29, 1.82) is 0 Å². The number of rotatable bonds is 5. The van der Waals surface area contributed by atoms with Crippen LogP contribution in [0.15, 0.2) is 61.2 Å². The summed E-state index contributed by atoms with van der Waals surface area (Å²) in [6.07, 6.45) is 1.66. The van der Waals surface area contributed by atoms with Gasteiger partial charge < -0.3 is 4.74 Å². The van der Waals surface area contributed by atoms with Crippen LogP contribution in [0.3, 0.4) is 0 Å². The molecule has 0 radical (unpaired) electrons. The molecular weight excluding hydrogens is 260 g/mol. The Morgan fingerprint density at radius 2 is 1.89 bits per heavy atom. The van der Waals surface area contributed by atoms with Crippen molar-refractivity contribution in [2.24, 2.45) is 0 Å². The molecule has 0 atom stereocenters. The number of hydrogen-bond acceptors (Lipinski definition) is 2. The molecule has 3 heteroatoms. The topological polar surface area (TPSA) is 26.3 Å². The van der Waals surface area contributed by atoms with Gasteiger partial charge in [-0.3, -0.25) is 4.79 Å². The molecule has 2 nitrogen and oxygen atoms in total. The van der Waals surface area contributed by atoms with Crippen molar-refractivity contribution in [3.63, 3.8) is 0 Å². The molecular formula is C16H13ClO2. The molecule has 0 saturated carbocycles. The van der Waals surface area contributed by atoms with Gasteiger partial charge in [-0.05, 0) is 48.0 Å². The van der Waals surface area contributed by atoms with Crippen LogP contribution in [-0.4, -0.2) is 5.78 Å². The number of carbonyl (C=O) groups excluding carboxylic acids is 1. The van der Waals surface area contributed by atoms with Crippen molar-refractivity contribution in [1.82, 2.24) is 0 Å². The van der Waals surface area contributed by atoms with Crippen molar-refractivity contribution < 1.29 is 9.53 Å². The van der Waals surface area contributed by atoms with Gasteiger partial charge in [0.05, 0.1) is 0 Å². The average molecular weight is 273 g/mol. The van der Waals surface area contributed by atoms with Crippen molar-refractivity contribution in [3.8, 4) is 11.5 Å². The average Bonchev–Trinajstić information content (AvgIpc) is 2.42. The normalized spacial score (nSPS) is 9.95. The number of halogens is 1. The van der Waals surface area contributed by atoms with Crippen LogP contribution in [0.1, 0.15) is 5.56 Å². The van der Waals surface area contributed by atoms with Gasteiger partial charge in [0.1, 0.15) is 11.5 Å². The summed E-state index contributed by atoms with van der Waals surface area (Å²) >= 11 is 5.81. The first kappa shape index (κ1) is 13.4. The lowest BCUT2D eigenvalue weighted by Crippen LogP contribution is -1.97. The summed E-state index contributed by atoms with van der Waals surface area (Å²) in [5.74, 6) is 1.39. The van der Waals surface area contributed by atoms with Gasteiger partial charge in [0, 0.05) is 11.4 Å². The van der Waals surface area contributed by atoms with E-state index in [1.807, 2.05) is 24.3 Å². The van der Waals surface area contributed by atoms with Crippen LogP contribution in [-0.2, 0) is 11.2 Å². The van der Waals surface area contributed by atoms with Crippen LogP contribution in [0.4, 0.5) is 0 Å². The summed E-state index contributed by atoms with van der Waals surface area (Å²) in [7, 11) is 0. The maximum Gasteiger partial charge on any atom is 0.159 e. The second-order valence-electron chi connectivity index (χ2n) is 4.05. The van der Waals surface area contributed by atoms with Gasteiger partial charge in [-0.25, -0.2) is 0 Å². The molecule has 0 spiro atoms. The second kappa shape index (κ2) is 6.21. The number of hydrogen-bond donors (Lipinski definition) is 0. The van der Waals surface area contributed by atoms with Gasteiger partial charge in [-0.15, -0.1) is 0 Å². The maximum absolute atomic E-state index is 11.3. The number of carbonyl (C=O) groups is 1. The molecule has 0 amide bonds. The minimum Gasteiger partial charge on any atom is -0.457 e. The van der Waals surface area contributed by atoms with Crippen molar-refractivity contribution in [2.75, 3.05) is 0 Å². The zero-order valence-corrected chi connectivity index (χ0v) is 11.1. The summed E-state index contributed by atoms with van der Waals surface area (Å²) in [5.41, 5.74) is 0.899. The van der Waals surface area contributed by atoms with E-state index in [1.165, 1.54) is 6.08 Å². The van der Waals surface area contributed by atoms with E-state index in [0.717, 1.165) is 5.56 Å². The van der Waals surface area contributed by atoms with Crippen LogP contribution >= 0.6 is 11.6 Å². The molecule has 0 saturated heterocycles. The highest BCUT2D eigenvalue weighted by molar-refractivity contribution is 6.30. The van der Waals surface area contributed by atoms with E-state index in [4.69, 9.17) is 16.3 Å². The number of ether oxygens (including phenoxy) is 1. The van der Waals surface area contributed by atoms with E-state index in [0.29, 0.717) is 22.9 Å². The van der Waals surface area contributed by atoms with E-state index >= 15 is 0 Å². The summed E-state index contributed by atoms with van der Waals surface area (Å²) in [5, 5.41) is 0.665. The number of benzene rings is 2. The van der Waals surface area contributed by atoms with Crippen LogP contribution in [0.25, 0.3) is 0 Å². The third kappa shape index (κ3) is 3.97. The van der Waals surface area contributed by atoms with Crippen molar-refractivity contribution in [2.45, 2.75) is 6.42 Å². The standard InChI is InChI=1S/C16H13ClO2/c1-2-14(18)10-12-4-3-5-16(11-12)19-15-8-6-13(17)7-9-15/h2-9,11H,1,10H2. The summed E-state index contributed by atoms with van der Waals surface area (Å²) in [4.78, 5) is 11.3. The van der Waals surface area contributed by atoms with Gasteiger partial charge in [0.2, 0.25) is 0 Å². The van der Waals surface area contributed by atoms with E-state index in [-0.39, 0.29) is 5.78 Å². The Labute approximate surface area is 117 Å². The Balaban J connectivity index is 2.12. The molecule has 0 heterocycles. The predicted octanol–water partition coefficient (Wildman–Crippen LogP) is 4.43. The van der Waals surface area contributed by atoms with Gasteiger partial charge in [0.25, 0.3) is 0 Å². The zero-order valence-electron chi connectivity index (χ0n) is 10.3.